The number of amidine groups is 1. The van der Waals surface area contributed by atoms with Gasteiger partial charge < -0.3 is 16.3 Å². The molecule has 0 fully saturated rings. The normalized spacial score (nSPS) is 11.4. The number of carbonyl (C=O) groups excluding carboxylic acids is 1. The van der Waals surface area contributed by atoms with E-state index < -0.39 is 0 Å². The summed E-state index contributed by atoms with van der Waals surface area (Å²) in [6.07, 6.45) is 2.08. The predicted molar refractivity (Wildman–Crippen MR) is 86.5 cm³/mol. The minimum Gasteiger partial charge on any atom is -0.409 e. The zero-order valence-electron chi connectivity index (χ0n) is 10.2. The van der Waals surface area contributed by atoms with Gasteiger partial charge in [-0.05, 0) is 53.6 Å². The van der Waals surface area contributed by atoms with Crippen LogP contribution >= 0.6 is 38.5 Å². The third kappa shape index (κ3) is 5.77. The van der Waals surface area contributed by atoms with E-state index in [1.165, 1.54) is 0 Å². The molecule has 0 aromatic heterocycles. The average Bonchev–Trinajstić information content (AvgIpc) is 2.40. The van der Waals surface area contributed by atoms with Gasteiger partial charge in [0.1, 0.15) is 5.84 Å². The molecule has 0 unspecified atom stereocenters. The molecule has 1 amide bonds. The third-order valence-corrected chi connectivity index (χ3v) is 3.88. The Morgan fingerprint density at radius 1 is 1.47 bits per heavy atom. The largest absolute Gasteiger partial charge is 0.409 e. The van der Waals surface area contributed by atoms with E-state index >= 15 is 0 Å². The van der Waals surface area contributed by atoms with Crippen LogP contribution in [0.4, 0.5) is 0 Å². The van der Waals surface area contributed by atoms with Crippen LogP contribution in [0.2, 0.25) is 0 Å². The van der Waals surface area contributed by atoms with E-state index in [2.05, 4.69) is 49.0 Å². The third-order valence-electron chi connectivity index (χ3n) is 2.45. The van der Waals surface area contributed by atoms with Crippen molar-refractivity contribution in [2.24, 2.45) is 10.9 Å². The summed E-state index contributed by atoms with van der Waals surface area (Å²) in [5.74, 6) is 0.127. The minimum absolute atomic E-state index is 0.0884. The van der Waals surface area contributed by atoms with Gasteiger partial charge in [-0.3, -0.25) is 4.79 Å². The van der Waals surface area contributed by atoms with Crippen LogP contribution in [0.15, 0.2) is 27.8 Å². The van der Waals surface area contributed by atoms with Gasteiger partial charge in [-0.2, -0.15) is 0 Å². The van der Waals surface area contributed by atoms with Gasteiger partial charge in [0.25, 0.3) is 5.91 Å². The first-order valence-corrected chi connectivity index (χ1v) is 7.61. The van der Waals surface area contributed by atoms with Crippen molar-refractivity contribution in [1.29, 1.82) is 0 Å². The average molecular weight is 440 g/mol. The van der Waals surface area contributed by atoms with Crippen molar-refractivity contribution in [3.63, 3.8) is 0 Å². The second-order valence-electron chi connectivity index (χ2n) is 3.93. The first kappa shape index (κ1) is 16.2. The number of hydrogen-bond acceptors (Lipinski definition) is 3. The minimum atomic E-state index is -0.0884. The molecule has 104 valence electrons. The Kier molecular flexibility index (Phi) is 7.14. The molecule has 0 bridgehead atoms. The van der Waals surface area contributed by atoms with Gasteiger partial charge >= 0.3 is 0 Å². The van der Waals surface area contributed by atoms with Crippen molar-refractivity contribution in [1.82, 2.24) is 5.32 Å². The molecule has 0 aliphatic heterocycles. The number of unbranched alkanes of at least 4 members (excludes halogenated alkanes) is 1. The fraction of sp³-hybridized carbons (Fsp3) is 0.333. The Bertz CT molecular complexity index is 480. The van der Waals surface area contributed by atoms with Crippen molar-refractivity contribution in [3.8, 4) is 0 Å². The van der Waals surface area contributed by atoms with Gasteiger partial charge in [-0.15, -0.1) is 0 Å². The highest BCUT2D eigenvalue weighted by molar-refractivity contribution is 14.1. The summed E-state index contributed by atoms with van der Waals surface area (Å²) in [7, 11) is 0. The zero-order valence-corrected chi connectivity index (χ0v) is 13.9. The van der Waals surface area contributed by atoms with Gasteiger partial charge in [0.15, 0.2) is 0 Å². The first-order valence-electron chi connectivity index (χ1n) is 5.74. The summed E-state index contributed by atoms with van der Waals surface area (Å²) < 4.78 is 1.79. The molecule has 0 spiro atoms. The summed E-state index contributed by atoms with van der Waals surface area (Å²) >= 11 is 5.48. The summed E-state index contributed by atoms with van der Waals surface area (Å²) in [5, 5.41) is 14.1. The van der Waals surface area contributed by atoms with Crippen molar-refractivity contribution in [2.45, 2.75) is 19.3 Å². The van der Waals surface area contributed by atoms with Crippen LogP contribution in [0, 0.1) is 3.57 Å². The number of nitrogens with zero attached hydrogens (tertiary/aromatic N) is 1. The molecule has 0 heterocycles. The summed E-state index contributed by atoms with van der Waals surface area (Å²) in [5.41, 5.74) is 6.01. The van der Waals surface area contributed by atoms with E-state index in [1.807, 2.05) is 12.1 Å². The number of nitrogens with two attached hydrogens (primary N) is 1. The maximum Gasteiger partial charge on any atom is 0.252 e. The summed E-state index contributed by atoms with van der Waals surface area (Å²) in [4.78, 5) is 11.9. The molecular formula is C12H15BrIN3O2. The van der Waals surface area contributed by atoms with Gasteiger partial charge in [0.05, 0.1) is 5.56 Å². The number of amides is 1. The van der Waals surface area contributed by atoms with Crippen molar-refractivity contribution >= 4 is 50.3 Å². The van der Waals surface area contributed by atoms with E-state index in [4.69, 9.17) is 10.9 Å². The number of carbonyl (C=O) groups is 1. The molecule has 19 heavy (non-hydrogen) atoms. The SMILES string of the molecule is N/C(CCCCNC(=O)c1cc(Br)ccc1I)=N/O. The van der Waals surface area contributed by atoms with Crippen LogP contribution in [0.1, 0.15) is 29.6 Å². The van der Waals surface area contributed by atoms with E-state index in [-0.39, 0.29) is 11.7 Å². The zero-order chi connectivity index (χ0) is 14.3. The number of hydrogen-bond donors (Lipinski definition) is 3. The van der Waals surface area contributed by atoms with Gasteiger partial charge in [-0.1, -0.05) is 21.1 Å². The summed E-state index contributed by atoms with van der Waals surface area (Å²) in [6, 6.07) is 5.58. The molecule has 0 radical (unpaired) electrons. The molecule has 5 nitrogen and oxygen atoms in total. The van der Waals surface area contributed by atoms with Gasteiger partial charge in [0.2, 0.25) is 0 Å². The second kappa shape index (κ2) is 8.36. The smallest absolute Gasteiger partial charge is 0.252 e. The van der Waals surface area contributed by atoms with Crippen LogP contribution < -0.4 is 11.1 Å². The lowest BCUT2D eigenvalue weighted by atomic mass is 10.2. The molecule has 0 aliphatic carbocycles. The highest BCUT2D eigenvalue weighted by Crippen LogP contribution is 2.18. The lowest BCUT2D eigenvalue weighted by Crippen LogP contribution is -2.25. The topological polar surface area (TPSA) is 87.7 Å². The van der Waals surface area contributed by atoms with Crippen LogP contribution in [-0.4, -0.2) is 23.5 Å². The Balaban J connectivity index is 2.37. The van der Waals surface area contributed by atoms with Crippen molar-refractivity contribution in [2.75, 3.05) is 6.54 Å². The van der Waals surface area contributed by atoms with E-state index in [9.17, 15) is 4.79 Å². The number of nitrogens with one attached hydrogen (secondary N) is 1. The van der Waals surface area contributed by atoms with E-state index in [1.54, 1.807) is 6.07 Å². The predicted octanol–water partition coefficient (Wildman–Crippen LogP) is 2.70. The monoisotopic (exact) mass is 439 g/mol. The first-order chi connectivity index (χ1) is 9.04. The summed E-state index contributed by atoms with van der Waals surface area (Å²) in [6.45, 7) is 0.570. The molecule has 0 saturated heterocycles. The van der Waals surface area contributed by atoms with E-state index in [0.717, 1.165) is 20.9 Å². The number of oxime groups is 1. The number of halogens is 2. The molecule has 1 aromatic carbocycles. The molecule has 4 N–H and O–H groups in total. The van der Waals surface area contributed by atoms with Crippen LogP contribution in [0.5, 0.6) is 0 Å². The molecular weight excluding hydrogens is 425 g/mol. The van der Waals surface area contributed by atoms with Crippen LogP contribution in [0.25, 0.3) is 0 Å². The highest BCUT2D eigenvalue weighted by atomic mass is 127. The molecule has 7 heteroatoms. The fourth-order valence-electron chi connectivity index (χ4n) is 1.45. The number of rotatable bonds is 6. The van der Waals surface area contributed by atoms with Gasteiger partial charge in [0, 0.05) is 21.0 Å². The highest BCUT2D eigenvalue weighted by Gasteiger charge is 2.09. The standard InChI is InChI=1S/C12H15BrIN3O2/c13-8-4-5-10(14)9(7-8)12(18)16-6-2-1-3-11(15)17-19/h4-5,7,19H,1-3,6H2,(H2,15,17)(H,16,18). The second-order valence-corrected chi connectivity index (χ2v) is 6.01. The number of benzene rings is 1. The molecule has 0 aliphatic rings. The maximum atomic E-state index is 11.9. The molecule has 1 rings (SSSR count). The Morgan fingerprint density at radius 3 is 2.89 bits per heavy atom. The molecule has 0 saturated carbocycles. The van der Waals surface area contributed by atoms with E-state index in [0.29, 0.717) is 18.5 Å². The molecule has 1 aromatic rings. The van der Waals surface area contributed by atoms with Crippen LogP contribution in [-0.2, 0) is 0 Å². The van der Waals surface area contributed by atoms with Crippen molar-refractivity contribution in [3.05, 3.63) is 31.8 Å². The Labute approximate surface area is 133 Å². The van der Waals surface area contributed by atoms with Gasteiger partial charge in [-0.25, -0.2) is 0 Å². The lowest BCUT2D eigenvalue weighted by Gasteiger charge is -2.07. The fourth-order valence-corrected chi connectivity index (χ4v) is 2.39. The Morgan fingerprint density at radius 2 is 2.21 bits per heavy atom. The maximum absolute atomic E-state index is 11.9. The Hall–Kier alpha value is -0.830. The van der Waals surface area contributed by atoms with Crippen molar-refractivity contribution < 1.29 is 10.0 Å². The van der Waals surface area contributed by atoms with Crippen LogP contribution in [0.3, 0.4) is 0 Å². The lowest BCUT2D eigenvalue weighted by molar-refractivity contribution is 0.0952. The quantitative estimate of drug-likeness (QED) is 0.159. The molecule has 0 atom stereocenters.